The van der Waals surface area contributed by atoms with Gasteiger partial charge in [-0.1, -0.05) is 0 Å². The van der Waals surface area contributed by atoms with Crippen molar-refractivity contribution in [3.8, 4) is 0 Å². The Bertz CT molecular complexity index is 8.75. The summed E-state index contributed by atoms with van der Waals surface area (Å²) in [5.74, 6) is 0. The molecule has 0 atom stereocenters. The summed E-state index contributed by atoms with van der Waals surface area (Å²) >= 11 is 0. The molecule has 0 aromatic rings. The van der Waals surface area contributed by atoms with Crippen LogP contribution in [-0.4, -0.2) is 11.0 Å². The van der Waals surface area contributed by atoms with Gasteiger partial charge in [0, 0.05) is 0 Å². The van der Waals surface area contributed by atoms with Crippen molar-refractivity contribution in [3.05, 3.63) is 0 Å². The van der Waals surface area contributed by atoms with Crippen LogP contribution >= 0.6 is 0 Å². The van der Waals surface area contributed by atoms with Crippen molar-refractivity contribution in [2.45, 2.75) is 0 Å². The van der Waals surface area contributed by atoms with Crippen LogP contribution in [0.15, 0.2) is 0 Å². The summed E-state index contributed by atoms with van der Waals surface area (Å²) in [6.07, 6.45) is 0. The molecule has 0 aromatic heterocycles. The van der Waals surface area contributed by atoms with E-state index in [1.54, 1.807) is 0 Å². The molecule has 0 spiro atoms. The van der Waals surface area contributed by atoms with Gasteiger partial charge in [-0.15, -0.1) is 0 Å². The summed E-state index contributed by atoms with van der Waals surface area (Å²) in [4.78, 5) is 0. The molecule has 0 rings (SSSR count). The number of halogens is 3. The first-order valence-electron chi connectivity index (χ1n) is 0. The van der Waals surface area contributed by atoms with Gasteiger partial charge in [0.1, 0.15) is 0 Å². The van der Waals surface area contributed by atoms with E-state index in [-0.39, 0.29) is 67.7 Å². The Hall–Kier alpha value is 1.41. The zero-order valence-electron chi connectivity index (χ0n) is 2.49. The summed E-state index contributed by atoms with van der Waals surface area (Å²) < 4.78 is 0. The van der Waals surface area contributed by atoms with Crippen LogP contribution in [0.1, 0.15) is 0 Å². The summed E-state index contributed by atoms with van der Waals surface area (Å²) in [5.41, 5.74) is 0. The Morgan fingerprint density at radius 3 is 0.500 bits per heavy atom. The van der Waals surface area contributed by atoms with Crippen molar-refractivity contribution in [1.29, 1.82) is 0 Å². The van der Waals surface area contributed by atoms with E-state index in [1.165, 1.54) is 0 Å². The Labute approximate surface area is 67.7 Å². The van der Waals surface area contributed by atoms with E-state index in [9.17, 15) is 0 Å². The van der Waals surface area contributed by atoms with Crippen LogP contribution in [0.5, 0.6) is 0 Å². The molecular weight excluding hydrogens is 239 g/mol. The number of hydrogen-bond acceptors (Lipinski definition) is 0. The van der Waals surface area contributed by atoms with Crippen molar-refractivity contribution in [2.75, 3.05) is 0 Å². The second-order valence-corrected chi connectivity index (χ2v) is 0. The number of rotatable bonds is 0. The summed E-state index contributed by atoms with van der Waals surface area (Å²) in [7, 11) is 0. The molecule has 6 heteroatoms. The topological polar surface area (TPSA) is 63.0 Å². The smallest absolute Gasteiger partial charge is 1.00 e. The van der Waals surface area contributed by atoms with Crippen molar-refractivity contribution < 1.29 is 67.7 Å². The maximum Gasteiger partial charge on any atom is 2.00 e. The Morgan fingerprint density at radius 1 is 0.500 bits per heavy atom. The fourth-order valence-corrected chi connectivity index (χ4v) is 0. The largest absolute Gasteiger partial charge is 2.00 e. The molecule has 0 aliphatic heterocycles. The van der Waals surface area contributed by atoms with E-state index < -0.39 is 0 Å². The first-order valence-corrected chi connectivity index (χ1v) is 0. The zero-order chi connectivity index (χ0) is 0. The van der Waals surface area contributed by atoms with Gasteiger partial charge in [-0.3, -0.25) is 0 Å². The van der Waals surface area contributed by atoms with Gasteiger partial charge in [-0.25, -0.2) is 0 Å². The molecule has 0 fully saturated rings. The SMILES string of the molecule is O.O.[Cl-].[Cl-].[Cl-].[Ru+2]. The predicted octanol–water partition coefficient (Wildman–Crippen LogP) is -10.6. The van der Waals surface area contributed by atoms with Crippen molar-refractivity contribution in [2.24, 2.45) is 0 Å². The van der Waals surface area contributed by atoms with Gasteiger partial charge in [-0.05, 0) is 0 Å². The van der Waals surface area contributed by atoms with E-state index >= 15 is 0 Å². The third kappa shape index (κ3) is 52.8. The van der Waals surface area contributed by atoms with E-state index in [0.29, 0.717) is 0 Å². The molecule has 0 heterocycles. The maximum atomic E-state index is 0. The molecule has 0 saturated heterocycles. The fourth-order valence-electron chi connectivity index (χ4n) is 0. The van der Waals surface area contributed by atoms with E-state index in [4.69, 9.17) is 0 Å². The third-order valence-electron chi connectivity index (χ3n) is 0. The minimum absolute atomic E-state index is 0. The van der Waals surface area contributed by atoms with Crippen LogP contribution in [0.4, 0.5) is 0 Å². The molecule has 0 amide bonds. The van der Waals surface area contributed by atoms with E-state index in [2.05, 4.69) is 0 Å². The third-order valence-corrected chi connectivity index (χ3v) is 0. The molecule has 0 aromatic carbocycles. The van der Waals surface area contributed by atoms with Gasteiger partial charge in [0.2, 0.25) is 0 Å². The standard InChI is InChI=1S/3ClH.2H2O.Ru/h3*1H;2*1H2;/q;;;;;+2/p-3. The second kappa shape index (κ2) is 94.1. The van der Waals surface area contributed by atoms with Crippen molar-refractivity contribution in [3.63, 3.8) is 0 Å². The maximum absolute atomic E-state index is 0. The number of hydrogen-bond donors (Lipinski definition) is 0. The molecule has 0 aliphatic rings. The van der Waals surface area contributed by atoms with Gasteiger partial charge in [0.25, 0.3) is 0 Å². The summed E-state index contributed by atoms with van der Waals surface area (Å²) in [6, 6.07) is 0. The van der Waals surface area contributed by atoms with Gasteiger partial charge in [0.05, 0.1) is 0 Å². The molecule has 46 valence electrons. The minimum atomic E-state index is 0. The molecule has 4 N–H and O–H groups in total. The Balaban J connectivity index is 0. The van der Waals surface area contributed by atoms with Crippen molar-refractivity contribution >= 4 is 0 Å². The Morgan fingerprint density at radius 2 is 0.500 bits per heavy atom. The molecule has 0 saturated carbocycles. The fraction of sp³-hybridized carbons (Fsp3) is 0. The quantitative estimate of drug-likeness (QED) is 0.379. The van der Waals surface area contributed by atoms with Crippen molar-refractivity contribution in [1.82, 2.24) is 0 Å². The predicted molar refractivity (Wildman–Crippen MR) is 7.23 cm³/mol. The van der Waals surface area contributed by atoms with E-state index in [0.717, 1.165) is 0 Å². The van der Waals surface area contributed by atoms with Gasteiger partial charge in [-0.2, -0.15) is 0 Å². The van der Waals surface area contributed by atoms with Crippen LogP contribution in [-0.2, 0) is 19.5 Å². The minimum Gasteiger partial charge on any atom is -1.00 e. The molecule has 2 nitrogen and oxygen atoms in total. The average Bonchev–Trinajstić information content (AvgIpc) is 0. The molecule has 0 aliphatic carbocycles. The van der Waals surface area contributed by atoms with Crippen LogP contribution in [0.3, 0.4) is 0 Å². The van der Waals surface area contributed by atoms with Gasteiger partial charge >= 0.3 is 19.5 Å². The Kier molecular flexibility index (Phi) is 2390. The van der Waals surface area contributed by atoms with Crippen LogP contribution in [0.2, 0.25) is 0 Å². The van der Waals surface area contributed by atoms with Gasteiger partial charge in [0.15, 0.2) is 0 Å². The first-order chi connectivity index (χ1) is 0. The average molecular weight is 243 g/mol. The first kappa shape index (κ1) is 153. The molecule has 0 bridgehead atoms. The normalized spacial score (nSPS) is 0. The zero-order valence-corrected chi connectivity index (χ0v) is 6.49. The molecule has 6 heavy (non-hydrogen) atoms. The van der Waals surface area contributed by atoms with Gasteiger partial charge < -0.3 is 48.2 Å². The molecule has 0 unspecified atom stereocenters. The van der Waals surface area contributed by atoms with Crippen LogP contribution < -0.4 is 37.2 Å². The summed E-state index contributed by atoms with van der Waals surface area (Å²) in [6.45, 7) is 0. The second-order valence-electron chi connectivity index (χ2n) is 0. The van der Waals surface area contributed by atoms with E-state index in [1.807, 2.05) is 0 Å². The van der Waals surface area contributed by atoms with Crippen LogP contribution in [0.25, 0.3) is 0 Å². The summed E-state index contributed by atoms with van der Waals surface area (Å²) in [5, 5.41) is 0. The monoisotopic (exact) mass is 243 g/mol. The molecule has 0 radical (unpaired) electrons. The van der Waals surface area contributed by atoms with Crippen LogP contribution in [0, 0.1) is 0 Å². The molecular formula is H4Cl3O2Ru-.